The van der Waals surface area contributed by atoms with Gasteiger partial charge in [0, 0.05) is 19.4 Å². The summed E-state index contributed by atoms with van der Waals surface area (Å²) in [7, 11) is 0. The quantitative estimate of drug-likeness (QED) is 0.0564. The maximum atomic E-state index is 13.5. The zero-order valence-electron chi connectivity index (χ0n) is 23.9. The van der Waals surface area contributed by atoms with Crippen LogP contribution in [0.3, 0.4) is 0 Å². The van der Waals surface area contributed by atoms with E-state index in [-0.39, 0.29) is 50.5 Å². The van der Waals surface area contributed by atoms with Gasteiger partial charge in [-0.3, -0.25) is 19.4 Å². The Morgan fingerprint density at radius 1 is 0.744 bits per heavy atom. The van der Waals surface area contributed by atoms with Crippen LogP contribution in [-0.2, 0) is 32.0 Å². The number of carbonyl (C=O) groups excluding carboxylic acids is 3. The van der Waals surface area contributed by atoms with Gasteiger partial charge in [0.05, 0.1) is 6.04 Å². The number of carbonyl (C=O) groups is 4. The fraction of sp³-hybridized carbons (Fsp3) is 0.414. The van der Waals surface area contributed by atoms with Gasteiger partial charge in [0.25, 0.3) is 0 Å². The summed E-state index contributed by atoms with van der Waals surface area (Å²) in [6.07, 6.45) is 1.24. The van der Waals surface area contributed by atoms with Gasteiger partial charge in [0.15, 0.2) is 5.96 Å². The van der Waals surface area contributed by atoms with Crippen molar-refractivity contribution in [1.82, 2.24) is 16.0 Å². The third-order valence-electron chi connectivity index (χ3n) is 6.54. The van der Waals surface area contributed by atoms with Crippen molar-refractivity contribution in [1.29, 1.82) is 0 Å². The molecule has 0 bridgehead atoms. The van der Waals surface area contributed by atoms with E-state index in [0.717, 1.165) is 0 Å². The second-order valence-corrected chi connectivity index (χ2v) is 10.1. The lowest BCUT2D eigenvalue weighted by Gasteiger charge is -2.25. The summed E-state index contributed by atoms with van der Waals surface area (Å²) in [4.78, 5) is 55.4. The molecule has 13 N–H and O–H groups in total. The van der Waals surface area contributed by atoms with Crippen LogP contribution in [0.2, 0.25) is 0 Å². The van der Waals surface area contributed by atoms with Crippen molar-refractivity contribution in [2.24, 2.45) is 27.9 Å². The molecule has 0 aromatic heterocycles. The van der Waals surface area contributed by atoms with Gasteiger partial charge in [0.1, 0.15) is 23.9 Å². The monoisotopic (exact) mass is 598 g/mol. The van der Waals surface area contributed by atoms with Crippen molar-refractivity contribution in [3.05, 3.63) is 65.7 Å². The Hall–Kier alpha value is -4.69. The molecule has 4 atom stereocenters. The van der Waals surface area contributed by atoms with Gasteiger partial charge in [-0.2, -0.15) is 0 Å². The Labute approximate surface area is 250 Å². The van der Waals surface area contributed by atoms with Crippen LogP contribution in [0, 0.1) is 0 Å². The standard InChI is InChI=1S/C29H42N8O6/c30-14-4-9-22(26(40)37-24(28(42)43)17-18-6-2-1-3-7-18)35-27(41)23(16-19-10-12-20(38)13-11-19)36-25(39)21(31)8-5-15-34-29(32)33/h1-3,6-7,10-13,21-24,38H,4-5,8-9,14-17,30-31H2,(H,35,41)(H,36,39)(H,37,40)(H,42,43)(H4,32,33,34)/t21-,22+,23+,24+/m1/s1. The number of benzene rings is 2. The Balaban J connectivity index is 2.19. The molecule has 0 saturated heterocycles. The predicted octanol–water partition coefficient (Wildman–Crippen LogP) is -1.16. The molecule has 14 heteroatoms. The fourth-order valence-corrected chi connectivity index (χ4v) is 4.19. The number of aliphatic imine (C=N–C) groups is 1. The third kappa shape index (κ3) is 12.8. The molecular formula is C29H42N8O6. The number of guanidine groups is 1. The Morgan fingerprint density at radius 2 is 1.30 bits per heavy atom. The maximum Gasteiger partial charge on any atom is 0.326 e. The van der Waals surface area contributed by atoms with Gasteiger partial charge in [-0.15, -0.1) is 0 Å². The summed E-state index contributed by atoms with van der Waals surface area (Å²) in [5, 5.41) is 27.2. The summed E-state index contributed by atoms with van der Waals surface area (Å²) in [5.74, 6) is -3.25. The highest BCUT2D eigenvalue weighted by atomic mass is 16.4. The van der Waals surface area contributed by atoms with Gasteiger partial charge in [-0.25, -0.2) is 4.79 Å². The van der Waals surface area contributed by atoms with E-state index >= 15 is 0 Å². The maximum absolute atomic E-state index is 13.5. The van der Waals surface area contributed by atoms with Gasteiger partial charge < -0.3 is 49.1 Å². The third-order valence-corrected chi connectivity index (χ3v) is 6.54. The first-order valence-corrected chi connectivity index (χ1v) is 14.0. The van der Waals surface area contributed by atoms with E-state index in [0.29, 0.717) is 24.0 Å². The number of hydrogen-bond acceptors (Lipinski definition) is 8. The second-order valence-electron chi connectivity index (χ2n) is 10.1. The molecular weight excluding hydrogens is 556 g/mol. The number of nitrogens with two attached hydrogens (primary N) is 4. The largest absolute Gasteiger partial charge is 0.508 e. The van der Waals surface area contributed by atoms with Gasteiger partial charge in [-0.1, -0.05) is 42.5 Å². The molecule has 0 radical (unpaired) electrons. The van der Waals surface area contributed by atoms with Crippen LogP contribution in [0.1, 0.15) is 36.8 Å². The summed E-state index contributed by atoms with van der Waals surface area (Å²) >= 11 is 0. The van der Waals surface area contributed by atoms with Crippen molar-refractivity contribution in [3.8, 4) is 5.75 Å². The topological polar surface area (TPSA) is 261 Å². The summed E-state index contributed by atoms with van der Waals surface area (Å²) in [6.45, 7) is 0.509. The minimum absolute atomic E-state index is 0.0234. The van der Waals surface area contributed by atoms with Gasteiger partial charge in [-0.05, 0) is 55.5 Å². The smallest absolute Gasteiger partial charge is 0.326 e. The molecule has 0 aliphatic heterocycles. The normalized spacial score (nSPS) is 13.5. The average Bonchev–Trinajstić information content (AvgIpc) is 2.97. The van der Waals surface area contributed by atoms with E-state index in [2.05, 4.69) is 20.9 Å². The molecule has 0 aliphatic rings. The first-order valence-electron chi connectivity index (χ1n) is 14.0. The SMILES string of the molecule is NCCC[C@H](NC(=O)[C@H](Cc1ccc(O)cc1)NC(=O)[C@H](N)CCCN=C(N)N)C(=O)N[C@@H](Cc1ccccc1)C(=O)O. The van der Waals surface area contributed by atoms with Crippen LogP contribution >= 0.6 is 0 Å². The molecule has 3 amide bonds. The van der Waals surface area contributed by atoms with Crippen LogP contribution in [0.5, 0.6) is 5.75 Å². The molecule has 0 heterocycles. The number of nitrogens with zero attached hydrogens (tertiary/aromatic N) is 1. The van der Waals surface area contributed by atoms with E-state index in [9.17, 15) is 29.4 Å². The number of aromatic hydroxyl groups is 1. The molecule has 43 heavy (non-hydrogen) atoms. The predicted molar refractivity (Wildman–Crippen MR) is 162 cm³/mol. The Kier molecular flexibility index (Phi) is 14.4. The van der Waals surface area contributed by atoms with Crippen LogP contribution in [0.15, 0.2) is 59.6 Å². The minimum Gasteiger partial charge on any atom is -0.508 e. The van der Waals surface area contributed by atoms with Crippen molar-refractivity contribution in [2.45, 2.75) is 62.7 Å². The minimum atomic E-state index is -1.24. The van der Waals surface area contributed by atoms with Crippen LogP contribution in [0.25, 0.3) is 0 Å². The molecule has 234 valence electrons. The number of hydrogen-bond donors (Lipinski definition) is 9. The van der Waals surface area contributed by atoms with Gasteiger partial charge in [0.2, 0.25) is 17.7 Å². The van der Waals surface area contributed by atoms with E-state index in [1.807, 2.05) is 0 Å². The summed E-state index contributed by atoms with van der Waals surface area (Å²) in [5.41, 5.74) is 23.6. The first-order chi connectivity index (χ1) is 20.5. The lowest BCUT2D eigenvalue weighted by atomic mass is 10.0. The van der Waals surface area contributed by atoms with Crippen molar-refractivity contribution >= 4 is 29.7 Å². The van der Waals surface area contributed by atoms with Crippen LogP contribution in [0.4, 0.5) is 0 Å². The van der Waals surface area contributed by atoms with E-state index in [1.165, 1.54) is 12.1 Å². The second kappa shape index (κ2) is 18.0. The lowest BCUT2D eigenvalue weighted by molar-refractivity contribution is -0.142. The number of amides is 3. The first kappa shape index (κ1) is 34.5. The van der Waals surface area contributed by atoms with E-state index in [4.69, 9.17) is 22.9 Å². The molecule has 0 spiro atoms. The number of rotatable bonds is 18. The summed E-state index contributed by atoms with van der Waals surface area (Å²) < 4.78 is 0. The van der Waals surface area contributed by atoms with Crippen molar-refractivity contribution < 1.29 is 29.4 Å². The molecule has 0 fully saturated rings. The highest BCUT2D eigenvalue weighted by Crippen LogP contribution is 2.12. The van der Waals surface area contributed by atoms with E-state index < -0.39 is 47.9 Å². The fourth-order valence-electron chi connectivity index (χ4n) is 4.19. The highest BCUT2D eigenvalue weighted by Gasteiger charge is 2.30. The number of nitrogens with one attached hydrogen (secondary N) is 3. The van der Waals surface area contributed by atoms with Crippen LogP contribution in [-0.4, -0.2) is 77.1 Å². The molecule has 14 nitrogen and oxygen atoms in total. The van der Waals surface area contributed by atoms with E-state index in [1.54, 1.807) is 42.5 Å². The van der Waals surface area contributed by atoms with Gasteiger partial charge >= 0.3 is 5.97 Å². The molecule has 0 aliphatic carbocycles. The van der Waals surface area contributed by atoms with Crippen LogP contribution < -0.4 is 38.9 Å². The molecule has 0 saturated carbocycles. The number of aliphatic carboxylic acids is 1. The number of phenolic OH excluding ortho intramolecular Hbond substituents is 1. The van der Waals surface area contributed by atoms with Crippen molar-refractivity contribution in [2.75, 3.05) is 13.1 Å². The molecule has 2 rings (SSSR count). The zero-order chi connectivity index (χ0) is 31.8. The highest BCUT2D eigenvalue weighted by molar-refractivity contribution is 5.94. The zero-order valence-corrected chi connectivity index (χ0v) is 23.9. The Bertz CT molecular complexity index is 1220. The number of carboxylic acids is 1. The van der Waals surface area contributed by atoms with Crippen molar-refractivity contribution in [3.63, 3.8) is 0 Å². The molecule has 2 aromatic carbocycles. The molecule has 0 unspecified atom stereocenters. The summed E-state index contributed by atoms with van der Waals surface area (Å²) in [6, 6.07) is 10.4. The lowest BCUT2D eigenvalue weighted by Crippen LogP contribution is -2.57. The number of phenols is 1. The average molecular weight is 599 g/mol. The number of carboxylic acid groups (broad SMARTS) is 1. The molecule has 2 aromatic rings. The Morgan fingerprint density at radius 3 is 1.91 bits per heavy atom.